The van der Waals surface area contributed by atoms with Crippen molar-refractivity contribution in [2.24, 2.45) is 0 Å². The fourth-order valence-electron chi connectivity index (χ4n) is 0.298. The molecule has 0 fully saturated rings. The Kier molecular flexibility index (Phi) is 8.61. The Bertz CT molecular complexity index is 222. The molecule has 0 bridgehead atoms. The summed E-state index contributed by atoms with van der Waals surface area (Å²) in [5.41, 5.74) is 0.0943. The largest absolute Gasteiger partial charge is 0.466 e. The third-order valence-electron chi connectivity index (χ3n) is 0.755. The van der Waals surface area contributed by atoms with E-state index < -0.39 is 13.8 Å². The first-order valence-electron chi connectivity index (χ1n) is 3.46. The average Bonchev–Trinajstić information content (AvgIpc) is 2.00. The molecule has 0 aliphatic heterocycles. The maximum absolute atomic E-state index is 10.5. The van der Waals surface area contributed by atoms with Gasteiger partial charge < -0.3 is 24.5 Å². The van der Waals surface area contributed by atoms with Gasteiger partial charge >= 0.3 is 13.8 Å². The first-order chi connectivity index (χ1) is 6.22. The van der Waals surface area contributed by atoms with E-state index in [4.69, 9.17) is 24.4 Å². The molecule has 8 heteroatoms. The second-order valence-electron chi connectivity index (χ2n) is 2.00. The first kappa shape index (κ1) is 15.7. The summed E-state index contributed by atoms with van der Waals surface area (Å²) in [6, 6.07) is 0. The smallest absolute Gasteiger partial charge is 0.463 e. The average molecular weight is 228 g/mol. The zero-order chi connectivity index (χ0) is 11.8. The highest BCUT2D eigenvalue weighted by atomic mass is 31.2. The van der Waals surface area contributed by atoms with Gasteiger partial charge in [0.25, 0.3) is 0 Å². The molecule has 0 spiro atoms. The molecule has 0 atom stereocenters. The Morgan fingerprint density at radius 1 is 1.43 bits per heavy atom. The minimum Gasteiger partial charge on any atom is -0.463 e. The van der Waals surface area contributed by atoms with Gasteiger partial charge in [-0.3, -0.25) is 0 Å². The normalized spacial score (nSPS) is 9.79. The van der Waals surface area contributed by atoms with Crippen LogP contribution in [0.4, 0.5) is 0 Å². The number of aliphatic hydroxyl groups excluding tert-OH is 1. The zero-order valence-corrected chi connectivity index (χ0v) is 8.48. The van der Waals surface area contributed by atoms with E-state index in [1.165, 1.54) is 0 Å². The molecule has 0 saturated heterocycles. The molecule has 0 rings (SSSR count). The van der Waals surface area contributed by atoms with E-state index >= 15 is 0 Å². The summed E-state index contributed by atoms with van der Waals surface area (Å²) >= 11 is 0. The van der Waals surface area contributed by atoms with E-state index in [1.54, 1.807) is 6.92 Å². The molecule has 0 amide bonds. The van der Waals surface area contributed by atoms with Gasteiger partial charge in [0.2, 0.25) is 0 Å². The lowest BCUT2D eigenvalue weighted by atomic mass is 10.3. The molecule has 14 heavy (non-hydrogen) atoms. The lowest BCUT2D eigenvalue weighted by Gasteiger charge is -1.99. The number of ether oxygens (including phenoxy) is 1. The predicted molar refractivity (Wildman–Crippen MR) is 47.1 cm³/mol. The lowest BCUT2D eigenvalue weighted by molar-refractivity contribution is -0.138. The van der Waals surface area contributed by atoms with Crippen LogP contribution in [0.5, 0.6) is 0 Å². The van der Waals surface area contributed by atoms with E-state index in [9.17, 15) is 4.79 Å². The van der Waals surface area contributed by atoms with Crippen LogP contribution in [0.3, 0.4) is 0 Å². The van der Waals surface area contributed by atoms with Crippen LogP contribution in [0.1, 0.15) is 6.92 Å². The van der Waals surface area contributed by atoms with Crippen LogP contribution in [0.2, 0.25) is 0 Å². The molecule has 0 aliphatic carbocycles. The molecule has 0 aromatic heterocycles. The molecular weight excluding hydrogens is 215 g/mol. The number of aliphatic hydroxyl groups is 1. The van der Waals surface area contributed by atoms with Crippen molar-refractivity contribution < 1.29 is 33.9 Å². The second kappa shape index (κ2) is 7.66. The Morgan fingerprint density at radius 3 is 2.00 bits per heavy atom. The topological polar surface area (TPSA) is 124 Å². The summed E-state index contributed by atoms with van der Waals surface area (Å²) in [6.07, 6.45) is 0. The van der Waals surface area contributed by atoms with Crippen molar-refractivity contribution in [2.45, 2.75) is 6.92 Å². The van der Waals surface area contributed by atoms with Crippen LogP contribution >= 0.6 is 7.82 Å². The summed E-state index contributed by atoms with van der Waals surface area (Å²) in [5, 5.41) is 8.33. The molecule has 0 unspecified atom stereocenters. The molecule has 0 radical (unpaired) electrons. The zero-order valence-electron chi connectivity index (χ0n) is 7.58. The van der Waals surface area contributed by atoms with Crippen molar-refractivity contribution >= 4 is 13.8 Å². The summed E-state index contributed by atoms with van der Waals surface area (Å²) in [6.45, 7) is 4.95. The van der Waals surface area contributed by atoms with E-state index in [0.29, 0.717) is 6.61 Å². The van der Waals surface area contributed by atoms with Gasteiger partial charge in [0.15, 0.2) is 0 Å². The summed E-state index contributed by atoms with van der Waals surface area (Å²) in [7, 11) is -4.64. The molecule has 0 aromatic carbocycles. The molecule has 7 nitrogen and oxygen atoms in total. The molecule has 84 valence electrons. The summed E-state index contributed by atoms with van der Waals surface area (Å²) in [5.74, 6) is -0.528. The monoisotopic (exact) mass is 228 g/mol. The Hall–Kier alpha value is -0.720. The Balaban J connectivity index is 0. The predicted octanol–water partition coefficient (Wildman–Crippen LogP) is -0.831. The second-order valence-corrected chi connectivity index (χ2v) is 3.02. The number of hydrogen-bond acceptors (Lipinski definition) is 4. The third-order valence-corrected chi connectivity index (χ3v) is 0.755. The van der Waals surface area contributed by atoms with Crippen LogP contribution in [0.25, 0.3) is 0 Å². The minimum absolute atomic E-state index is 0.0943. The number of carbonyl (C=O) groups excluding carboxylic acids is 1. The highest BCUT2D eigenvalue weighted by Crippen LogP contribution is 2.25. The number of rotatable bonds is 3. The van der Waals surface area contributed by atoms with Gasteiger partial charge in [-0.1, -0.05) is 6.58 Å². The van der Waals surface area contributed by atoms with Crippen LogP contribution in [0.15, 0.2) is 12.2 Å². The molecule has 0 saturated carbocycles. The van der Waals surface area contributed by atoms with Crippen molar-refractivity contribution in [1.29, 1.82) is 0 Å². The van der Waals surface area contributed by atoms with Crippen LogP contribution in [-0.4, -0.2) is 39.0 Å². The van der Waals surface area contributed by atoms with Gasteiger partial charge in [-0.05, 0) is 6.92 Å². The van der Waals surface area contributed by atoms with Crippen molar-refractivity contribution in [3.63, 3.8) is 0 Å². The highest BCUT2D eigenvalue weighted by molar-refractivity contribution is 7.45. The van der Waals surface area contributed by atoms with Gasteiger partial charge in [0.05, 0.1) is 18.8 Å². The van der Waals surface area contributed by atoms with Crippen molar-refractivity contribution in [1.82, 2.24) is 0 Å². The Labute approximate surface area is 80.9 Å². The maximum Gasteiger partial charge on any atom is 0.466 e. The lowest BCUT2D eigenvalue weighted by Crippen LogP contribution is -2.08. The molecular formula is C6H13O7P. The number of hydrogen-bond donors (Lipinski definition) is 4. The molecule has 0 heterocycles. The van der Waals surface area contributed by atoms with Crippen molar-refractivity contribution in [3.05, 3.63) is 12.2 Å². The number of phosphoric acid groups is 1. The van der Waals surface area contributed by atoms with E-state index in [1.807, 2.05) is 0 Å². The molecule has 0 aliphatic rings. The third kappa shape index (κ3) is 17.4. The van der Waals surface area contributed by atoms with Crippen molar-refractivity contribution in [3.8, 4) is 0 Å². The summed E-state index contributed by atoms with van der Waals surface area (Å²) in [4.78, 5) is 32.1. The fourth-order valence-corrected chi connectivity index (χ4v) is 0.298. The standard InChI is InChI=1S/C6H10O3.H3O4P/c1-3-9-6(8)5(2)4-7;1-5(2,3)4/h7H,2-4H2,1H3;(H3,1,2,3,4). The van der Waals surface area contributed by atoms with Crippen LogP contribution in [0, 0.1) is 0 Å². The minimum atomic E-state index is -4.64. The number of esters is 1. The van der Waals surface area contributed by atoms with Gasteiger partial charge in [-0.2, -0.15) is 0 Å². The molecule has 4 N–H and O–H groups in total. The van der Waals surface area contributed by atoms with Crippen LogP contribution in [-0.2, 0) is 14.1 Å². The van der Waals surface area contributed by atoms with Crippen LogP contribution < -0.4 is 0 Å². The van der Waals surface area contributed by atoms with Gasteiger partial charge in [-0.25, -0.2) is 9.36 Å². The SMILES string of the molecule is C=C(CO)C(=O)OCC.O=P(O)(O)O. The van der Waals surface area contributed by atoms with Gasteiger partial charge in [0, 0.05) is 0 Å². The molecule has 0 aromatic rings. The summed E-state index contributed by atoms with van der Waals surface area (Å²) < 4.78 is 13.4. The Morgan fingerprint density at radius 2 is 1.79 bits per heavy atom. The van der Waals surface area contributed by atoms with E-state index in [0.717, 1.165) is 0 Å². The number of carbonyl (C=O) groups is 1. The quantitative estimate of drug-likeness (QED) is 0.282. The van der Waals surface area contributed by atoms with E-state index in [-0.39, 0.29) is 12.2 Å². The van der Waals surface area contributed by atoms with Gasteiger partial charge in [-0.15, -0.1) is 0 Å². The maximum atomic E-state index is 10.5. The van der Waals surface area contributed by atoms with E-state index in [2.05, 4.69) is 11.3 Å². The first-order valence-corrected chi connectivity index (χ1v) is 5.03. The van der Waals surface area contributed by atoms with Gasteiger partial charge in [0.1, 0.15) is 0 Å². The van der Waals surface area contributed by atoms with Crippen molar-refractivity contribution in [2.75, 3.05) is 13.2 Å². The highest BCUT2D eigenvalue weighted by Gasteiger charge is 2.03. The fraction of sp³-hybridized carbons (Fsp3) is 0.500.